The van der Waals surface area contributed by atoms with Crippen molar-refractivity contribution in [3.63, 3.8) is 0 Å². The molecule has 0 unspecified atom stereocenters. The number of benzene rings is 5. The molecule has 332 valence electrons. The largest absolute Gasteiger partial charge is 0.494 e. The molecule has 0 spiro atoms. The van der Waals surface area contributed by atoms with E-state index < -0.39 is 14.2 Å². The van der Waals surface area contributed by atoms with E-state index in [0.717, 1.165) is 35.0 Å². The molecule has 2 heterocycles. The number of rotatable bonds is 20. The van der Waals surface area contributed by atoms with Crippen LogP contribution in [0.25, 0.3) is 21.5 Å². The highest BCUT2D eigenvalue weighted by atomic mass is 16.6. The number of nitrogens with zero attached hydrogens (tertiary/aromatic N) is 2. The number of carbonyl (C=O) groups is 1. The van der Waals surface area contributed by atoms with Crippen LogP contribution in [0.15, 0.2) is 109 Å². The zero-order valence-corrected chi connectivity index (χ0v) is 38.0. The second kappa shape index (κ2) is 21.5. The van der Waals surface area contributed by atoms with Gasteiger partial charge in [0.15, 0.2) is 0 Å². The average Bonchev–Trinajstić information content (AvgIpc) is 3.28. The second-order valence-electron chi connectivity index (χ2n) is 18.8. The van der Waals surface area contributed by atoms with Crippen LogP contribution in [0.5, 0.6) is 0 Å². The molecule has 63 heavy (non-hydrogen) atoms. The Balaban J connectivity index is 1.23. The lowest BCUT2D eigenvalue weighted by atomic mass is 9.73. The SMILES string of the molecule is C=C(C)C(=O)NCCCN(Cc1ccccc1B1OCC(C)(C)CO1)Cc1c2ccccc2c(CN(CCOCCO)Cc2ccccc2B2OCC(C)(C)CO2)c2ccccc12. The minimum atomic E-state index is -0.425. The van der Waals surface area contributed by atoms with E-state index in [9.17, 15) is 9.90 Å². The van der Waals surface area contributed by atoms with Crippen molar-refractivity contribution in [3.8, 4) is 0 Å². The average molecular weight is 854 g/mol. The highest BCUT2D eigenvalue weighted by Gasteiger charge is 2.36. The molecule has 2 aliphatic heterocycles. The Hall–Kier alpha value is -4.36. The van der Waals surface area contributed by atoms with Gasteiger partial charge in [-0.1, -0.05) is 131 Å². The molecule has 0 bridgehead atoms. The van der Waals surface area contributed by atoms with Gasteiger partial charge < -0.3 is 33.8 Å². The molecule has 0 aliphatic carbocycles. The summed E-state index contributed by atoms with van der Waals surface area (Å²) in [5, 5.41) is 17.4. The molecule has 1 amide bonds. The first-order chi connectivity index (χ1) is 30.4. The van der Waals surface area contributed by atoms with Gasteiger partial charge >= 0.3 is 14.2 Å². The van der Waals surface area contributed by atoms with Crippen LogP contribution in [-0.2, 0) is 54.3 Å². The van der Waals surface area contributed by atoms with Gasteiger partial charge in [-0.15, -0.1) is 0 Å². The zero-order chi connectivity index (χ0) is 44.4. The molecule has 12 heteroatoms. The smallest absolute Gasteiger partial charge is 0.407 e. The van der Waals surface area contributed by atoms with Crippen LogP contribution >= 0.6 is 0 Å². The van der Waals surface area contributed by atoms with E-state index in [1.807, 2.05) is 0 Å². The summed E-state index contributed by atoms with van der Waals surface area (Å²) in [5.41, 5.74) is 7.36. The van der Waals surface area contributed by atoms with Crippen molar-refractivity contribution in [2.45, 2.75) is 67.2 Å². The number of fused-ring (bicyclic) bond motifs is 2. The number of hydrogen-bond donors (Lipinski definition) is 2. The first-order valence-corrected chi connectivity index (χ1v) is 22.5. The molecule has 2 N–H and O–H groups in total. The van der Waals surface area contributed by atoms with E-state index in [2.05, 4.69) is 146 Å². The summed E-state index contributed by atoms with van der Waals surface area (Å²) in [6, 6.07) is 34.5. The molecule has 5 aromatic rings. The van der Waals surface area contributed by atoms with Crippen LogP contribution in [0, 0.1) is 10.8 Å². The fourth-order valence-corrected chi connectivity index (χ4v) is 8.58. The maximum atomic E-state index is 12.5. The molecule has 0 aromatic heterocycles. The number of nitrogens with one attached hydrogen (secondary N) is 1. The molecule has 2 saturated heterocycles. The molecular weight excluding hydrogens is 788 g/mol. The molecule has 5 aromatic carbocycles. The summed E-state index contributed by atoms with van der Waals surface area (Å²) in [6.45, 7) is 22.2. The molecule has 0 radical (unpaired) electrons. The topological polar surface area (TPSA) is 102 Å². The summed E-state index contributed by atoms with van der Waals surface area (Å²) in [6.07, 6.45) is 0.767. The number of ether oxygens (including phenoxy) is 1. The number of aliphatic hydroxyl groups excluding tert-OH is 1. The quantitative estimate of drug-likeness (QED) is 0.0387. The maximum Gasteiger partial charge on any atom is 0.494 e. The Labute approximate surface area is 375 Å². The summed E-state index contributed by atoms with van der Waals surface area (Å²) >= 11 is 0. The maximum absolute atomic E-state index is 12.5. The van der Waals surface area contributed by atoms with Gasteiger partial charge in [-0.2, -0.15) is 0 Å². The van der Waals surface area contributed by atoms with Gasteiger partial charge in [0.2, 0.25) is 5.91 Å². The second-order valence-corrected chi connectivity index (χ2v) is 18.8. The number of amides is 1. The minimum Gasteiger partial charge on any atom is -0.407 e. The molecule has 7 rings (SSSR count). The van der Waals surface area contributed by atoms with Gasteiger partial charge in [0, 0.05) is 88.6 Å². The number of hydrogen-bond acceptors (Lipinski definition) is 9. The van der Waals surface area contributed by atoms with Crippen LogP contribution in [0.2, 0.25) is 0 Å². The van der Waals surface area contributed by atoms with E-state index in [4.69, 9.17) is 23.4 Å². The Morgan fingerprint density at radius 3 is 1.49 bits per heavy atom. The van der Waals surface area contributed by atoms with E-state index in [1.165, 1.54) is 32.7 Å². The van der Waals surface area contributed by atoms with E-state index in [0.29, 0.717) is 84.5 Å². The molecule has 2 aliphatic rings. The van der Waals surface area contributed by atoms with Gasteiger partial charge in [-0.3, -0.25) is 14.6 Å². The molecular formula is C51H65B2N3O7. The van der Waals surface area contributed by atoms with E-state index in [1.54, 1.807) is 6.92 Å². The first kappa shape index (κ1) is 46.6. The Bertz CT molecular complexity index is 2260. The highest BCUT2D eigenvalue weighted by molar-refractivity contribution is 6.62. The third-order valence-electron chi connectivity index (χ3n) is 11.9. The van der Waals surface area contributed by atoms with Gasteiger partial charge in [-0.05, 0) is 68.1 Å². The molecule has 0 saturated carbocycles. The Morgan fingerprint density at radius 1 is 0.651 bits per heavy atom. The molecule has 0 atom stereocenters. The van der Waals surface area contributed by atoms with Crippen molar-refractivity contribution in [2.75, 3.05) is 65.9 Å². The van der Waals surface area contributed by atoms with E-state index >= 15 is 0 Å². The molecule has 2 fully saturated rings. The van der Waals surface area contributed by atoms with Gasteiger partial charge in [0.05, 0.1) is 19.8 Å². The van der Waals surface area contributed by atoms with E-state index in [-0.39, 0.29) is 23.3 Å². The lowest BCUT2D eigenvalue weighted by molar-refractivity contribution is -0.117. The lowest BCUT2D eigenvalue weighted by Gasteiger charge is -2.34. The van der Waals surface area contributed by atoms with Crippen molar-refractivity contribution < 1.29 is 33.3 Å². The highest BCUT2D eigenvalue weighted by Crippen LogP contribution is 2.35. The van der Waals surface area contributed by atoms with Gasteiger partial charge in [0.25, 0.3) is 0 Å². The number of aliphatic hydroxyl groups is 1. The number of carbonyl (C=O) groups excluding carboxylic acids is 1. The fraction of sp³-hybridized carbons (Fsp3) is 0.431. The summed E-state index contributed by atoms with van der Waals surface area (Å²) in [4.78, 5) is 17.4. The van der Waals surface area contributed by atoms with Crippen LogP contribution in [-0.4, -0.2) is 101 Å². The summed E-state index contributed by atoms with van der Waals surface area (Å²) in [7, 11) is -0.847. The third kappa shape index (κ3) is 12.3. The van der Waals surface area contributed by atoms with Crippen molar-refractivity contribution in [1.29, 1.82) is 0 Å². The predicted molar refractivity (Wildman–Crippen MR) is 255 cm³/mol. The van der Waals surface area contributed by atoms with Crippen molar-refractivity contribution >= 4 is 52.6 Å². The van der Waals surface area contributed by atoms with Crippen molar-refractivity contribution in [1.82, 2.24) is 15.1 Å². The third-order valence-corrected chi connectivity index (χ3v) is 11.9. The van der Waals surface area contributed by atoms with Crippen LogP contribution in [0.3, 0.4) is 0 Å². The Kier molecular flexibility index (Phi) is 15.9. The Morgan fingerprint density at radius 2 is 1.06 bits per heavy atom. The summed E-state index contributed by atoms with van der Waals surface area (Å²) in [5.74, 6) is -0.119. The summed E-state index contributed by atoms with van der Waals surface area (Å²) < 4.78 is 31.1. The minimum absolute atomic E-state index is 0.0154. The monoisotopic (exact) mass is 854 g/mol. The predicted octanol–water partition coefficient (Wildman–Crippen LogP) is 6.63. The van der Waals surface area contributed by atoms with Crippen LogP contribution in [0.1, 0.15) is 63.3 Å². The van der Waals surface area contributed by atoms with Crippen molar-refractivity contribution in [2.24, 2.45) is 10.8 Å². The zero-order valence-electron chi connectivity index (χ0n) is 38.0. The standard InChI is InChI=1S/C51H65B2N3O7/c1-38(2)49(58)54-24-15-25-55(30-39-16-7-13-22-47(39)52-60-34-50(3,4)35-61-52)32-45-41-18-9-11-20-43(41)46(44-21-12-10-19-42(44)45)33-56(26-28-59-29-27-57)31-40-17-8-14-23-48(40)53-62-36-51(5,6)37-63-53/h7-14,16-23,57H,1,15,24-37H2,2-6H3,(H,54,58). The van der Waals surface area contributed by atoms with Crippen LogP contribution in [0.4, 0.5) is 0 Å². The lowest BCUT2D eigenvalue weighted by Crippen LogP contribution is -2.49. The normalized spacial score (nSPS) is 16.3. The first-order valence-electron chi connectivity index (χ1n) is 22.5. The van der Waals surface area contributed by atoms with Crippen LogP contribution < -0.4 is 16.2 Å². The molecule has 10 nitrogen and oxygen atoms in total. The van der Waals surface area contributed by atoms with Gasteiger partial charge in [-0.25, -0.2) is 0 Å². The van der Waals surface area contributed by atoms with Crippen molar-refractivity contribution in [3.05, 3.63) is 131 Å². The fourth-order valence-electron chi connectivity index (χ4n) is 8.58. The van der Waals surface area contributed by atoms with Gasteiger partial charge in [0.1, 0.15) is 0 Å².